The van der Waals surface area contributed by atoms with Gasteiger partial charge in [0, 0.05) is 25.1 Å². The number of amides is 1. The minimum Gasteiger partial charge on any atom is -0.332 e. The Morgan fingerprint density at radius 2 is 1.76 bits per heavy atom. The molecule has 1 aromatic heterocycles. The molecule has 5 nitrogen and oxygen atoms in total. The van der Waals surface area contributed by atoms with Gasteiger partial charge in [-0.1, -0.05) is 54.6 Å². The third-order valence-electron chi connectivity index (χ3n) is 4.58. The van der Waals surface area contributed by atoms with Crippen LogP contribution in [0.4, 0.5) is 0 Å². The fraction of sp³-hybridized carbons (Fsp3) is 0.150. The highest BCUT2D eigenvalue weighted by Gasteiger charge is 2.29. The normalized spacial score (nSPS) is 16.3. The number of hydrogen-bond donors (Lipinski definition) is 1. The van der Waals surface area contributed by atoms with E-state index in [9.17, 15) is 9.59 Å². The highest BCUT2D eigenvalue weighted by atomic mass is 16.2. The largest absolute Gasteiger partial charge is 0.332 e. The van der Waals surface area contributed by atoms with Crippen molar-refractivity contribution in [3.8, 4) is 0 Å². The Bertz CT molecular complexity index is 945. The number of carbonyl (C=O) groups is 1. The zero-order valence-electron chi connectivity index (χ0n) is 13.6. The number of fused-ring (bicyclic) bond motifs is 1. The SMILES string of the molecule is O=C(c1ccc(=O)[nH]n1)N1Cc2ccccc2C(c2ccccc2)C1. The highest BCUT2D eigenvalue weighted by molar-refractivity contribution is 5.92. The molecule has 0 saturated heterocycles. The quantitative estimate of drug-likeness (QED) is 0.785. The number of aromatic nitrogens is 2. The maximum Gasteiger partial charge on any atom is 0.274 e. The van der Waals surface area contributed by atoms with Gasteiger partial charge in [-0.3, -0.25) is 9.59 Å². The van der Waals surface area contributed by atoms with E-state index < -0.39 is 0 Å². The van der Waals surface area contributed by atoms with Crippen LogP contribution in [0.3, 0.4) is 0 Å². The minimum atomic E-state index is -0.317. The molecule has 1 aliphatic rings. The van der Waals surface area contributed by atoms with E-state index in [1.165, 1.54) is 23.3 Å². The molecule has 1 N–H and O–H groups in total. The van der Waals surface area contributed by atoms with Crippen LogP contribution in [0.5, 0.6) is 0 Å². The number of nitrogens with one attached hydrogen (secondary N) is 1. The minimum absolute atomic E-state index is 0.123. The predicted octanol–water partition coefficient (Wildman–Crippen LogP) is 2.56. The fourth-order valence-electron chi connectivity index (χ4n) is 3.36. The summed E-state index contributed by atoms with van der Waals surface area (Å²) in [6.45, 7) is 1.12. The van der Waals surface area contributed by atoms with Crippen LogP contribution in [0.2, 0.25) is 0 Å². The molecule has 5 heteroatoms. The van der Waals surface area contributed by atoms with Gasteiger partial charge in [-0.15, -0.1) is 0 Å². The molecule has 2 aromatic carbocycles. The van der Waals surface area contributed by atoms with Gasteiger partial charge in [0.2, 0.25) is 0 Å². The molecule has 25 heavy (non-hydrogen) atoms. The molecule has 1 unspecified atom stereocenters. The summed E-state index contributed by atoms with van der Waals surface area (Å²) in [7, 11) is 0. The predicted molar refractivity (Wildman–Crippen MR) is 94.3 cm³/mol. The van der Waals surface area contributed by atoms with Crippen LogP contribution in [-0.2, 0) is 6.54 Å². The van der Waals surface area contributed by atoms with Gasteiger partial charge < -0.3 is 4.90 Å². The average Bonchev–Trinajstić information content (AvgIpc) is 2.68. The van der Waals surface area contributed by atoms with Crippen molar-refractivity contribution >= 4 is 5.91 Å². The Morgan fingerprint density at radius 1 is 1.00 bits per heavy atom. The Hall–Kier alpha value is -3.21. The van der Waals surface area contributed by atoms with Crippen LogP contribution < -0.4 is 5.56 Å². The summed E-state index contributed by atoms with van der Waals surface area (Å²) in [5, 5.41) is 6.21. The summed E-state index contributed by atoms with van der Waals surface area (Å²) in [5.41, 5.74) is 3.52. The van der Waals surface area contributed by atoms with Crippen LogP contribution in [0.25, 0.3) is 0 Å². The van der Waals surface area contributed by atoms with Crippen LogP contribution in [0, 0.1) is 0 Å². The maximum atomic E-state index is 12.8. The molecule has 0 spiro atoms. The maximum absolute atomic E-state index is 12.8. The third-order valence-corrected chi connectivity index (χ3v) is 4.58. The molecule has 4 rings (SSSR count). The molecule has 0 radical (unpaired) electrons. The topological polar surface area (TPSA) is 66.1 Å². The lowest BCUT2D eigenvalue weighted by molar-refractivity contribution is 0.0717. The smallest absolute Gasteiger partial charge is 0.274 e. The summed E-state index contributed by atoms with van der Waals surface area (Å²) in [6.07, 6.45) is 0. The first-order valence-electron chi connectivity index (χ1n) is 8.20. The van der Waals surface area contributed by atoms with Crippen LogP contribution in [-0.4, -0.2) is 27.5 Å². The van der Waals surface area contributed by atoms with Crippen molar-refractivity contribution in [1.29, 1.82) is 0 Å². The number of benzene rings is 2. The van der Waals surface area contributed by atoms with E-state index in [-0.39, 0.29) is 23.1 Å². The van der Waals surface area contributed by atoms with E-state index in [0.717, 1.165) is 5.56 Å². The molecule has 0 bridgehead atoms. The number of aromatic amines is 1. The van der Waals surface area contributed by atoms with Crippen molar-refractivity contribution in [1.82, 2.24) is 15.1 Å². The summed E-state index contributed by atoms with van der Waals surface area (Å²) in [5.74, 6) is -0.0513. The van der Waals surface area contributed by atoms with E-state index in [1.807, 2.05) is 30.3 Å². The van der Waals surface area contributed by atoms with E-state index >= 15 is 0 Å². The van der Waals surface area contributed by atoms with Gasteiger partial charge in [-0.05, 0) is 22.8 Å². The number of nitrogens with zero attached hydrogens (tertiary/aromatic N) is 2. The molecule has 1 aliphatic heterocycles. The van der Waals surface area contributed by atoms with Crippen molar-refractivity contribution in [2.24, 2.45) is 0 Å². The second kappa shape index (κ2) is 6.36. The molecular weight excluding hydrogens is 314 g/mol. The Labute approximate surface area is 144 Å². The second-order valence-electron chi connectivity index (χ2n) is 6.15. The van der Waals surface area contributed by atoms with Gasteiger partial charge in [0.15, 0.2) is 0 Å². The van der Waals surface area contributed by atoms with Crippen molar-refractivity contribution < 1.29 is 4.79 Å². The average molecular weight is 331 g/mol. The van der Waals surface area contributed by atoms with Crippen molar-refractivity contribution in [2.45, 2.75) is 12.5 Å². The molecular formula is C20H17N3O2. The zero-order valence-corrected chi connectivity index (χ0v) is 13.6. The lowest BCUT2D eigenvalue weighted by Gasteiger charge is -2.34. The lowest BCUT2D eigenvalue weighted by Crippen LogP contribution is -2.39. The first kappa shape index (κ1) is 15.3. The molecule has 2 heterocycles. The number of rotatable bonds is 2. The molecule has 1 atom stereocenters. The summed E-state index contributed by atoms with van der Waals surface area (Å²) in [4.78, 5) is 25.8. The summed E-state index contributed by atoms with van der Waals surface area (Å²) < 4.78 is 0. The zero-order chi connectivity index (χ0) is 17.2. The standard InChI is InChI=1S/C20H17N3O2/c24-19-11-10-18(21-22-19)20(25)23-12-15-8-4-5-9-16(15)17(13-23)14-6-2-1-3-7-14/h1-11,17H,12-13H2,(H,22,24). The molecule has 1 amide bonds. The van der Waals surface area contributed by atoms with E-state index in [0.29, 0.717) is 13.1 Å². The molecule has 0 aliphatic carbocycles. The van der Waals surface area contributed by atoms with Crippen LogP contribution >= 0.6 is 0 Å². The Morgan fingerprint density at radius 3 is 2.52 bits per heavy atom. The van der Waals surface area contributed by atoms with Gasteiger partial charge in [0.25, 0.3) is 11.5 Å². The van der Waals surface area contributed by atoms with Gasteiger partial charge in [0.05, 0.1) is 0 Å². The molecule has 0 saturated carbocycles. The third kappa shape index (κ3) is 2.96. The first-order chi connectivity index (χ1) is 12.2. The van der Waals surface area contributed by atoms with Crippen LogP contribution in [0.15, 0.2) is 71.5 Å². The molecule has 3 aromatic rings. The van der Waals surface area contributed by atoms with E-state index in [4.69, 9.17) is 0 Å². The van der Waals surface area contributed by atoms with Gasteiger partial charge >= 0.3 is 0 Å². The number of H-pyrrole nitrogens is 1. The monoisotopic (exact) mass is 331 g/mol. The molecule has 124 valence electrons. The van der Waals surface area contributed by atoms with Gasteiger partial charge in [-0.2, -0.15) is 5.10 Å². The van der Waals surface area contributed by atoms with Crippen molar-refractivity contribution in [2.75, 3.05) is 6.54 Å². The summed E-state index contributed by atoms with van der Waals surface area (Å²) in [6, 6.07) is 21.2. The van der Waals surface area contributed by atoms with E-state index in [1.54, 1.807) is 4.90 Å². The van der Waals surface area contributed by atoms with Crippen molar-refractivity contribution in [3.63, 3.8) is 0 Å². The lowest BCUT2D eigenvalue weighted by atomic mass is 9.84. The van der Waals surface area contributed by atoms with Gasteiger partial charge in [-0.25, -0.2) is 5.10 Å². The number of hydrogen-bond acceptors (Lipinski definition) is 3. The van der Waals surface area contributed by atoms with Gasteiger partial charge in [0.1, 0.15) is 5.69 Å². The first-order valence-corrected chi connectivity index (χ1v) is 8.20. The second-order valence-corrected chi connectivity index (χ2v) is 6.15. The highest BCUT2D eigenvalue weighted by Crippen LogP contribution is 2.33. The molecule has 0 fully saturated rings. The summed E-state index contributed by atoms with van der Waals surface area (Å²) >= 11 is 0. The Balaban J connectivity index is 1.71. The Kier molecular flexibility index (Phi) is 3.90. The van der Waals surface area contributed by atoms with E-state index in [2.05, 4.69) is 34.5 Å². The fourth-order valence-corrected chi connectivity index (χ4v) is 3.36. The van der Waals surface area contributed by atoms with Crippen LogP contribution in [0.1, 0.15) is 33.1 Å². The van der Waals surface area contributed by atoms with Crippen molar-refractivity contribution in [3.05, 3.63) is 99.5 Å². The number of carbonyl (C=O) groups excluding carboxylic acids is 1.